The molecule has 0 aromatic heterocycles. The molecule has 3 rings (SSSR count). The Bertz CT molecular complexity index is 2010. The van der Waals surface area contributed by atoms with E-state index in [1.165, 1.54) is 116 Å². The summed E-state index contributed by atoms with van der Waals surface area (Å²) < 4.78 is 34.4. The molecular weight excluding hydrogens is 1190 g/mol. The zero-order valence-electron chi connectivity index (χ0n) is 57.0. The van der Waals surface area contributed by atoms with Gasteiger partial charge < -0.3 is 89.9 Å². The lowest BCUT2D eigenvalue weighted by atomic mass is 9.96. The maximum Gasteiger partial charge on any atom is 0.220 e. The minimum atomic E-state index is -1.97. The van der Waals surface area contributed by atoms with E-state index in [-0.39, 0.29) is 18.9 Å². The van der Waals surface area contributed by atoms with Gasteiger partial charge >= 0.3 is 0 Å². The molecule has 3 heterocycles. The van der Waals surface area contributed by atoms with Crippen LogP contribution in [0.15, 0.2) is 85.1 Å². The summed E-state index contributed by atoms with van der Waals surface area (Å²) in [4.78, 5) is 13.4. The predicted molar refractivity (Wildman–Crippen MR) is 364 cm³/mol. The van der Waals surface area contributed by atoms with E-state index in [1.807, 2.05) is 0 Å². The number of carbonyl (C=O) groups is 1. The van der Waals surface area contributed by atoms with E-state index < -0.39 is 124 Å². The van der Waals surface area contributed by atoms with Crippen LogP contribution in [0.4, 0.5) is 0 Å². The van der Waals surface area contributed by atoms with Crippen LogP contribution in [0, 0.1) is 0 Å². The number of nitrogens with one attached hydrogen (secondary N) is 1. The van der Waals surface area contributed by atoms with E-state index in [2.05, 4.69) is 104 Å². The summed E-state index contributed by atoms with van der Waals surface area (Å²) in [5.74, 6) is -0.247. The molecule has 17 unspecified atom stereocenters. The normalized spacial score (nSPS) is 28.0. The van der Waals surface area contributed by atoms with Gasteiger partial charge in [-0.25, -0.2) is 0 Å². The lowest BCUT2D eigenvalue weighted by molar-refractivity contribution is -0.379. The van der Waals surface area contributed by atoms with Crippen LogP contribution in [0.5, 0.6) is 0 Å². The zero-order chi connectivity index (χ0) is 67.5. The molecule has 3 aliphatic rings. The van der Waals surface area contributed by atoms with Crippen molar-refractivity contribution in [2.75, 3.05) is 26.4 Å². The molecule has 19 nitrogen and oxygen atoms in total. The van der Waals surface area contributed by atoms with Gasteiger partial charge in [0, 0.05) is 6.42 Å². The highest BCUT2D eigenvalue weighted by Crippen LogP contribution is 2.33. The van der Waals surface area contributed by atoms with Crippen LogP contribution in [0.25, 0.3) is 0 Å². The second-order valence-corrected chi connectivity index (χ2v) is 25.7. The Morgan fingerprint density at radius 3 is 1.16 bits per heavy atom. The van der Waals surface area contributed by atoms with E-state index in [1.54, 1.807) is 0 Å². The van der Waals surface area contributed by atoms with Crippen molar-refractivity contribution in [2.24, 2.45) is 0 Å². The maximum atomic E-state index is 13.4. The smallest absolute Gasteiger partial charge is 0.220 e. The van der Waals surface area contributed by atoms with Crippen LogP contribution < -0.4 is 5.32 Å². The number of rotatable bonds is 55. The largest absolute Gasteiger partial charge is 0.394 e. The summed E-state index contributed by atoms with van der Waals surface area (Å²) in [5.41, 5.74) is 0. The summed E-state index contributed by atoms with van der Waals surface area (Å²) in [6, 6.07) is -0.891. The Hall–Kier alpha value is -3.03. The SMILES string of the molecule is CC/C=C\C/C=C\C/C=C\C/C=C\C/C=C\C/C=C\C/C=C\CCCCCCCCCCCCCCCC(=O)NC(COC1OC(CO)C(OC2OC(CO)C(OC3OC(CO)C(O)C(O)C3O)C(O)C2O)C(O)C1O)C(O)CCCCCCCCCCCCCCC. The molecule has 0 aliphatic carbocycles. The highest BCUT2D eigenvalue weighted by Gasteiger charge is 2.53. The number of hydrogen-bond donors (Lipinski definition) is 12. The predicted octanol–water partition coefficient (Wildman–Crippen LogP) is 10.3. The van der Waals surface area contributed by atoms with Crippen LogP contribution in [-0.4, -0.2) is 193 Å². The topological polar surface area (TPSA) is 307 Å². The van der Waals surface area contributed by atoms with Crippen LogP contribution in [0.1, 0.15) is 245 Å². The second-order valence-electron chi connectivity index (χ2n) is 25.7. The molecule has 538 valence electrons. The second kappa shape index (κ2) is 54.9. The summed E-state index contributed by atoms with van der Waals surface area (Å²) in [5, 5.41) is 121. The van der Waals surface area contributed by atoms with Gasteiger partial charge in [-0.3, -0.25) is 4.79 Å². The summed E-state index contributed by atoms with van der Waals surface area (Å²) >= 11 is 0. The Morgan fingerprint density at radius 2 is 0.742 bits per heavy atom. The first-order valence-electron chi connectivity index (χ1n) is 36.3. The zero-order valence-corrected chi connectivity index (χ0v) is 57.0. The molecule has 3 saturated heterocycles. The maximum absolute atomic E-state index is 13.4. The van der Waals surface area contributed by atoms with Crippen LogP contribution in [0.3, 0.4) is 0 Å². The van der Waals surface area contributed by atoms with E-state index in [0.29, 0.717) is 12.8 Å². The van der Waals surface area contributed by atoms with Crippen LogP contribution in [0.2, 0.25) is 0 Å². The van der Waals surface area contributed by atoms with Gasteiger partial charge in [-0.05, 0) is 70.6 Å². The first-order chi connectivity index (χ1) is 45.3. The monoisotopic (exact) mass is 1320 g/mol. The fraction of sp³-hybridized carbons (Fsp3) is 0.797. The van der Waals surface area contributed by atoms with Crippen molar-refractivity contribution in [3.8, 4) is 0 Å². The Labute approximate surface area is 559 Å². The number of aliphatic hydroxyl groups is 11. The molecule has 0 aromatic carbocycles. The van der Waals surface area contributed by atoms with Crippen molar-refractivity contribution < 1.29 is 89.4 Å². The number of carbonyl (C=O) groups excluding carboxylic acids is 1. The quantitative estimate of drug-likeness (QED) is 0.0199. The molecule has 0 aromatic rings. The van der Waals surface area contributed by atoms with Crippen molar-refractivity contribution >= 4 is 5.91 Å². The number of unbranched alkanes of at least 4 members (excludes halogenated alkanes) is 25. The molecule has 1 amide bonds. The molecular formula is C74H129NO18. The fourth-order valence-corrected chi connectivity index (χ4v) is 11.9. The average molecular weight is 1320 g/mol. The third-order valence-electron chi connectivity index (χ3n) is 17.7. The Balaban J connectivity index is 1.34. The van der Waals surface area contributed by atoms with Gasteiger partial charge in [0.25, 0.3) is 0 Å². The van der Waals surface area contributed by atoms with Gasteiger partial charge in [0.1, 0.15) is 73.2 Å². The molecule has 0 spiro atoms. The number of aliphatic hydroxyl groups excluding tert-OH is 11. The minimum Gasteiger partial charge on any atom is -0.394 e. The molecule has 93 heavy (non-hydrogen) atoms. The standard InChI is InChI=1S/C74H129NO18/c1-3-5-7-9-11-13-15-17-18-19-20-21-22-23-24-25-26-27-28-29-30-31-32-33-34-35-36-37-38-40-42-44-46-48-50-52-62(80)75-57(58(79)51-49-47-45-43-41-39-16-14-12-10-8-6-4-2)56-88-72-68(86)65(83)70(60(54-77)90-72)93-74-69(87)66(84)71(61(55-78)91-74)92-73-67(85)64(82)63(81)59(53-76)89-73/h5,7,11,13,17-18,20-21,23-24,26-27,29-30,57-61,63-74,76-79,81-87H,3-4,6,8-10,12,14-16,19,22,25,28,31-56H2,1-2H3,(H,75,80)/b7-5-,13-11-,18-17-,21-20-,24-23-,27-26-,30-29-. The van der Waals surface area contributed by atoms with E-state index in [0.717, 1.165) is 96.3 Å². The van der Waals surface area contributed by atoms with Crippen molar-refractivity contribution in [3.05, 3.63) is 85.1 Å². The summed E-state index contributed by atoms with van der Waals surface area (Å²) in [7, 11) is 0. The summed E-state index contributed by atoms with van der Waals surface area (Å²) in [6.45, 7) is 1.67. The van der Waals surface area contributed by atoms with E-state index in [9.17, 15) is 61.0 Å². The first kappa shape index (κ1) is 84.2. The van der Waals surface area contributed by atoms with Gasteiger partial charge in [-0.1, -0.05) is 253 Å². The van der Waals surface area contributed by atoms with Crippen LogP contribution in [-0.2, 0) is 33.2 Å². The van der Waals surface area contributed by atoms with Crippen molar-refractivity contribution in [2.45, 2.75) is 349 Å². The van der Waals surface area contributed by atoms with Crippen molar-refractivity contribution in [3.63, 3.8) is 0 Å². The number of hydrogen-bond acceptors (Lipinski definition) is 18. The first-order valence-corrected chi connectivity index (χ1v) is 36.3. The van der Waals surface area contributed by atoms with Gasteiger partial charge in [0.05, 0.1) is 38.6 Å². The van der Waals surface area contributed by atoms with E-state index in [4.69, 9.17) is 28.4 Å². The van der Waals surface area contributed by atoms with Gasteiger partial charge in [0.15, 0.2) is 18.9 Å². The summed E-state index contributed by atoms with van der Waals surface area (Å²) in [6.07, 6.45) is 43.9. The average Bonchev–Trinajstić information content (AvgIpc) is 0.842. The van der Waals surface area contributed by atoms with Crippen molar-refractivity contribution in [1.82, 2.24) is 5.32 Å². The van der Waals surface area contributed by atoms with Crippen LogP contribution >= 0.6 is 0 Å². The van der Waals surface area contributed by atoms with Gasteiger partial charge in [0.2, 0.25) is 5.91 Å². The third kappa shape index (κ3) is 36.4. The third-order valence-corrected chi connectivity index (χ3v) is 17.7. The van der Waals surface area contributed by atoms with Crippen molar-refractivity contribution in [1.29, 1.82) is 0 Å². The molecule has 12 N–H and O–H groups in total. The molecule has 0 radical (unpaired) electrons. The lowest BCUT2D eigenvalue weighted by Gasteiger charge is -2.48. The fourth-order valence-electron chi connectivity index (χ4n) is 11.9. The molecule has 19 heteroatoms. The van der Waals surface area contributed by atoms with Gasteiger partial charge in [-0.2, -0.15) is 0 Å². The lowest BCUT2D eigenvalue weighted by Crippen LogP contribution is -2.66. The molecule has 0 bridgehead atoms. The molecule has 3 aliphatic heterocycles. The number of amides is 1. The highest BCUT2D eigenvalue weighted by molar-refractivity contribution is 5.76. The minimum absolute atomic E-state index is 0.247. The number of allylic oxidation sites excluding steroid dienone is 14. The molecule has 17 atom stereocenters. The molecule has 3 fully saturated rings. The Kier molecular flexibility index (Phi) is 49.7. The molecule has 0 saturated carbocycles. The Morgan fingerprint density at radius 1 is 0.398 bits per heavy atom. The highest BCUT2D eigenvalue weighted by atomic mass is 16.8. The van der Waals surface area contributed by atoms with E-state index >= 15 is 0 Å². The van der Waals surface area contributed by atoms with Gasteiger partial charge in [-0.15, -0.1) is 0 Å². The number of ether oxygens (including phenoxy) is 6.